The Labute approximate surface area is 123 Å². The molecule has 2 aliphatic rings. The van der Waals surface area contributed by atoms with Crippen molar-refractivity contribution in [1.82, 2.24) is 5.32 Å². The van der Waals surface area contributed by atoms with Crippen LogP contribution < -0.4 is 14.8 Å². The van der Waals surface area contributed by atoms with Crippen LogP contribution in [0.2, 0.25) is 0 Å². The summed E-state index contributed by atoms with van der Waals surface area (Å²) in [6.07, 6.45) is 4.77. The number of rotatable bonds is 5. The summed E-state index contributed by atoms with van der Waals surface area (Å²) in [4.78, 5) is 11.8. The minimum atomic E-state index is 0.155. The number of amides is 1. The summed E-state index contributed by atoms with van der Waals surface area (Å²) in [6.45, 7) is 0.301. The summed E-state index contributed by atoms with van der Waals surface area (Å²) < 4.78 is 10.6. The Hall–Kier alpha value is -1.36. The first-order chi connectivity index (χ1) is 9.81. The fourth-order valence-corrected chi connectivity index (χ4v) is 3.42. The van der Waals surface area contributed by atoms with Gasteiger partial charge in [0.2, 0.25) is 12.7 Å². The van der Waals surface area contributed by atoms with Gasteiger partial charge in [0.25, 0.3) is 0 Å². The molecule has 20 heavy (non-hydrogen) atoms. The van der Waals surface area contributed by atoms with E-state index in [0.29, 0.717) is 18.6 Å². The van der Waals surface area contributed by atoms with Gasteiger partial charge in [-0.3, -0.25) is 4.79 Å². The van der Waals surface area contributed by atoms with Crippen LogP contribution in [0.15, 0.2) is 18.2 Å². The number of nitrogens with one attached hydrogen (secondary N) is 1. The van der Waals surface area contributed by atoms with E-state index in [9.17, 15) is 4.79 Å². The van der Waals surface area contributed by atoms with Gasteiger partial charge in [-0.1, -0.05) is 18.9 Å². The summed E-state index contributed by atoms with van der Waals surface area (Å²) in [5, 5.41) is 3.10. The normalized spacial score (nSPS) is 17.4. The molecule has 5 heteroatoms. The molecule has 0 radical (unpaired) electrons. The molecule has 1 N–H and O–H groups in total. The number of thioether (sulfide) groups is 1. The number of carbonyl (C=O) groups excluding carboxylic acids is 1. The molecule has 0 bridgehead atoms. The van der Waals surface area contributed by atoms with Gasteiger partial charge in [0.05, 0.1) is 5.75 Å². The second-order valence-corrected chi connectivity index (χ2v) is 6.21. The number of hydrogen-bond acceptors (Lipinski definition) is 4. The molecule has 1 aromatic carbocycles. The maximum atomic E-state index is 11.8. The summed E-state index contributed by atoms with van der Waals surface area (Å²) in [6, 6.07) is 6.35. The van der Waals surface area contributed by atoms with Gasteiger partial charge in [-0.15, -0.1) is 11.8 Å². The van der Waals surface area contributed by atoms with Gasteiger partial charge in [-0.25, -0.2) is 0 Å². The molecule has 1 saturated carbocycles. The third-order valence-corrected chi connectivity index (χ3v) is 4.66. The lowest BCUT2D eigenvalue weighted by molar-refractivity contribution is -0.119. The van der Waals surface area contributed by atoms with Gasteiger partial charge in [0.15, 0.2) is 11.5 Å². The van der Waals surface area contributed by atoms with Gasteiger partial charge in [-0.2, -0.15) is 0 Å². The Morgan fingerprint density at radius 1 is 1.25 bits per heavy atom. The number of hydrogen-bond donors (Lipinski definition) is 1. The zero-order valence-corrected chi connectivity index (χ0v) is 12.2. The standard InChI is InChI=1S/C15H19NO3S/c17-15(16-12-3-1-2-4-12)9-20-8-11-5-6-13-14(7-11)19-10-18-13/h5-7,12H,1-4,8-10H2,(H,16,17). The second kappa shape index (κ2) is 6.39. The van der Waals surface area contributed by atoms with Gasteiger partial charge < -0.3 is 14.8 Å². The molecule has 0 unspecified atom stereocenters. The third-order valence-electron chi connectivity index (χ3n) is 3.66. The van der Waals surface area contributed by atoms with Crippen LogP contribution in [0.25, 0.3) is 0 Å². The lowest BCUT2D eigenvalue weighted by Gasteiger charge is -2.11. The van der Waals surface area contributed by atoms with Crippen LogP contribution in [-0.4, -0.2) is 24.5 Å². The minimum Gasteiger partial charge on any atom is -0.454 e. The highest BCUT2D eigenvalue weighted by molar-refractivity contribution is 7.99. The van der Waals surface area contributed by atoms with Crippen molar-refractivity contribution in [2.24, 2.45) is 0 Å². The van der Waals surface area contributed by atoms with Crippen molar-refractivity contribution in [1.29, 1.82) is 0 Å². The van der Waals surface area contributed by atoms with Gasteiger partial charge >= 0.3 is 0 Å². The summed E-state index contributed by atoms with van der Waals surface area (Å²) in [7, 11) is 0. The molecule has 0 aromatic heterocycles. The van der Waals surface area contributed by atoms with Crippen LogP contribution in [0, 0.1) is 0 Å². The summed E-state index contributed by atoms with van der Waals surface area (Å²) >= 11 is 1.63. The molecule has 108 valence electrons. The molecule has 0 atom stereocenters. The molecular weight excluding hydrogens is 274 g/mol. The molecule has 1 aliphatic carbocycles. The van der Waals surface area contributed by atoms with Crippen LogP contribution in [0.4, 0.5) is 0 Å². The number of carbonyl (C=O) groups is 1. The fraction of sp³-hybridized carbons (Fsp3) is 0.533. The predicted octanol–water partition coefficient (Wildman–Crippen LogP) is 2.71. The van der Waals surface area contributed by atoms with Crippen molar-refractivity contribution < 1.29 is 14.3 Å². The highest BCUT2D eigenvalue weighted by Gasteiger charge is 2.17. The smallest absolute Gasteiger partial charge is 0.231 e. The van der Waals surface area contributed by atoms with Gasteiger partial charge in [-0.05, 0) is 30.5 Å². The van der Waals surface area contributed by atoms with E-state index in [4.69, 9.17) is 9.47 Å². The van der Waals surface area contributed by atoms with E-state index in [1.807, 2.05) is 18.2 Å². The highest BCUT2D eigenvalue weighted by Crippen LogP contribution is 2.33. The molecule has 1 fully saturated rings. The number of benzene rings is 1. The second-order valence-electron chi connectivity index (χ2n) is 5.23. The average Bonchev–Trinajstić information content (AvgIpc) is 3.09. The topological polar surface area (TPSA) is 47.6 Å². The predicted molar refractivity (Wildman–Crippen MR) is 79.1 cm³/mol. The Morgan fingerprint density at radius 3 is 2.90 bits per heavy atom. The van der Waals surface area contributed by atoms with Crippen molar-refractivity contribution in [2.75, 3.05) is 12.5 Å². The molecular formula is C15H19NO3S. The number of ether oxygens (including phenoxy) is 2. The van der Waals surface area contributed by atoms with Crippen molar-refractivity contribution in [3.05, 3.63) is 23.8 Å². The van der Waals surface area contributed by atoms with E-state index in [2.05, 4.69) is 5.32 Å². The highest BCUT2D eigenvalue weighted by atomic mass is 32.2. The van der Waals surface area contributed by atoms with Crippen molar-refractivity contribution in [3.63, 3.8) is 0 Å². The van der Waals surface area contributed by atoms with E-state index in [1.165, 1.54) is 12.8 Å². The zero-order chi connectivity index (χ0) is 13.8. The maximum Gasteiger partial charge on any atom is 0.231 e. The quantitative estimate of drug-likeness (QED) is 0.907. The van der Waals surface area contributed by atoms with Gasteiger partial charge in [0, 0.05) is 11.8 Å². The first-order valence-corrected chi connectivity index (χ1v) is 8.22. The van der Waals surface area contributed by atoms with E-state index < -0.39 is 0 Å². The van der Waals surface area contributed by atoms with E-state index in [-0.39, 0.29) is 5.91 Å². The van der Waals surface area contributed by atoms with E-state index in [1.54, 1.807) is 11.8 Å². The molecule has 0 saturated heterocycles. The molecule has 4 nitrogen and oxygen atoms in total. The monoisotopic (exact) mass is 293 g/mol. The first-order valence-electron chi connectivity index (χ1n) is 7.07. The van der Waals surface area contributed by atoms with E-state index in [0.717, 1.165) is 35.7 Å². The molecule has 1 aliphatic heterocycles. The Kier molecular flexibility index (Phi) is 4.35. The summed E-state index contributed by atoms with van der Waals surface area (Å²) in [5.74, 6) is 3.10. The van der Waals surface area contributed by atoms with Crippen LogP contribution in [0.3, 0.4) is 0 Å². The molecule has 1 heterocycles. The van der Waals surface area contributed by atoms with Crippen LogP contribution in [0.1, 0.15) is 31.2 Å². The summed E-state index contributed by atoms with van der Waals surface area (Å²) in [5.41, 5.74) is 1.16. The van der Waals surface area contributed by atoms with Gasteiger partial charge in [0.1, 0.15) is 0 Å². The largest absolute Gasteiger partial charge is 0.454 e. The Balaban J connectivity index is 1.42. The molecule has 3 rings (SSSR count). The molecule has 0 spiro atoms. The number of fused-ring (bicyclic) bond motifs is 1. The SMILES string of the molecule is O=C(CSCc1ccc2c(c1)OCO2)NC1CCCC1. The van der Waals surface area contributed by atoms with E-state index >= 15 is 0 Å². The van der Waals surface area contributed by atoms with Crippen molar-refractivity contribution in [3.8, 4) is 11.5 Å². The van der Waals surface area contributed by atoms with Crippen LogP contribution in [0.5, 0.6) is 11.5 Å². The Morgan fingerprint density at radius 2 is 2.05 bits per heavy atom. The zero-order valence-electron chi connectivity index (χ0n) is 11.4. The average molecular weight is 293 g/mol. The van der Waals surface area contributed by atoms with Crippen LogP contribution >= 0.6 is 11.8 Å². The fourth-order valence-electron chi connectivity index (χ4n) is 2.63. The molecule has 1 amide bonds. The van der Waals surface area contributed by atoms with Crippen molar-refractivity contribution >= 4 is 17.7 Å². The van der Waals surface area contributed by atoms with Crippen LogP contribution in [-0.2, 0) is 10.5 Å². The molecule has 1 aromatic rings. The Bertz CT molecular complexity index is 486. The minimum absolute atomic E-state index is 0.155. The lowest BCUT2D eigenvalue weighted by atomic mass is 10.2. The first kappa shape index (κ1) is 13.6. The van der Waals surface area contributed by atoms with Crippen molar-refractivity contribution in [2.45, 2.75) is 37.5 Å². The third kappa shape index (κ3) is 3.39. The lowest BCUT2D eigenvalue weighted by Crippen LogP contribution is -2.33. The maximum absolute atomic E-state index is 11.8.